The first-order valence-corrected chi connectivity index (χ1v) is 32.7. The molecule has 0 aliphatic carbocycles. The van der Waals surface area contributed by atoms with Crippen LogP contribution >= 0.6 is 0 Å². The number of carbonyl (C=O) groups excluding carboxylic acids is 1. The number of aliphatic hydroxyl groups is 5. The molecule has 75 heavy (non-hydrogen) atoms. The Kier molecular flexibility index (Phi) is 53.1. The third kappa shape index (κ3) is 44.9. The summed E-state index contributed by atoms with van der Waals surface area (Å²) >= 11 is 0. The van der Waals surface area contributed by atoms with E-state index in [1.165, 1.54) is 257 Å². The smallest absolute Gasteiger partial charge is 0.220 e. The maximum absolute atomic E-state index is 13.1. The molecule has 0 aromatic rings. The molecule has 7 atom stereocenters. The third-order valence-corrected chi connectivity index (χ3v) is 15.7. The van der Waals surface area contributed by atoms with Crippen molar-refractivity contribution in [2.24, 2.45) is 0 Å². The number of nitrogens with one attached hydrogen (secondary N) is 1. The quantitative estimate of drug-likeness (QED) is 0.0261. The lowest BCUT2D eigenvalue weighted by Gasteiger charge is -2.40. The van der Waals surface area contributed by atoms with Crippen LogP contribution in [0, 0.1) is 0 Å². The maximum atomic E-state index is 13.1. The molecule has 9 nitrogen and oxygen atoms in total. The van der Waals surface area contributed by atoms with E-state index in [1.54, 1.807) is 6.08 Å². The number of hydrogen-bond acceptors (Lipinski definition) is 8. The number of ether oxygens (including phenoxy) is 2. The van der Waals surface area contributed by atoms with Crippen LogP contribution in [0.15, 0.2) is 36.5 Å². The van der Waals surface area contributed by atoms with Gasteiger partial charge in [0.1, 0.15) is 24.4 Å². The fourth-order valence-electron chi connectivity index (χ4n) is 10.5. The Labute approximate surface area is 463 Å². The van der Waals surface area contributed by atoms with Crippen LogP contribution in [0.1, 0.15) is 322 Å². The zero-order valence-electron chi connectivity index (χ0n) is 49.3. The minimum absolute atomic E-state index is 0.172. The van der Waals surface area contributed by atoms with Crippen molar-refractivity contribution in [2.45, 2.75) is 365 Å². The van der Waals surface area contributed by atoms with Gasteiger partial charge in [-0.15, -0.1) is 0 Å². The van der Waals surface area contributed by atoms with E-state index in [0.717, 1.165) is 44.9 Å². The van der Waals surface area contributed by atoms with Crippen molar-refractivity contribution in [1.29, 1.82) is 0 Å². The molecule has 1 saturated heterocycles. The molecule has 7 unspecified atom stereocenters. The first-order valence-electron chi connectivity index (χ1n) is 32.7. The zero-order chi connectivity index (χ0) is 54.3. The number of amides is 1. The predicted octanol–water partition coefficient (Wildman–Crippen LogP) is 17.1. The van der Waals surface area contributed by atoms with Crippen LogP contribution in [-0.2, 0) is 14.3 Å². The second-order valence-corrected chi connectivity index (χ2v) is 22.9. The molecule has 442 valence electrons. The van der Waals surface area contributed by atoms with Gasteiger partial charge in [0.05, 0.1) is 25.4 Å². The monoisotopic (exact) mass is 1060 g/mol. The summed E-state index contributed by atoms with van der Waals surface area (Å²) in [7, 11) is 0. The second-order valence-electron chi connectivity index (χ2n) is 22.9. The van der Waals surface area contributed by atoms with Gasteiger partial charge in [-0.25, -0.2) is 0 Å². The Balaban J connectivity index is 2.15. The van der Waals surface area contributed by atoms with Gasteiger partial charge in [-0.05, 0) is 51.4 Å². The van der Waals surface area contributed by atoms with Gasteiger partial charge >= 0.3 is 0 Å². The Morgan fingerprint density at radius 1 is 0.453 bits per heavy atom. The maximum Gasteiger partial charge on any atom is 0.220 e. The normalized spacial score (nSPS) is 19.1. The van der Waals surface area contributed by atoms with Crippen molar-refractivity contribution >= 4 is 5.91 Å². The van der Waals surface area contributed by atoms with Gasteiger partial charge in [0.15, 0.2) is 6.29 Å². The molecule has 0 aromatic heterocycles. The van der Waals surface area contributed by atoms with E-state index in [-0.39, 0.29) is 12.5 Å². The Morgan fingerprint density at radius 2 is 0.787 bits per heavy atom. The molecule has 1 aliphatic heterocycles. The van der Waals surface area contributed by atoms with E-state index in [2.05, 4.69) is 43.5 Å². The molecule has 0 saturated carbocycles. The third-order valence-electron chi connectivity index (χ3n) is 15.7. The zero-order valence-corrected chi connectivity index (χ0v) is 49.3. The van der Waals surface area contributed by atoms with Crippen LogP contribution in [0.4, 0.5) is 0 Å². The van der Waals surface area contributed by atoms with E-state index >= 15 is 0 Å². The molecule has 1 aliphatic rings. The van der Waals surface area contributed by atoms with Gasteiger partial charge in [0.2, 0.25) is 5.91 Å². The standard InChI is InChI=1S/C66H125NO8/c1-3-5-7-9-11-13-15-17-19-21-23-25-26-27-28-29-30-31-32-33-34-36-38-40-42-44-46-48-50-52-54-56-62(70)67-59(58-74-66-65(73)64(72)63(71)61(57-68)75-66)60(69)55-53-51-49-47-45-43-41-39-37-35-24-22-20-18-16-14-12-10-8-6-4-2/h23,25,27-28,53,55,59-61,63-66,68-69,71-73H,3-22,24,26,29-52,54,56-58H2,1-2H3,(H,67,70)/b25-23-,28-27-,55-53+. The summed E-state index contributed by atoms with van der Waals surface area (Å²) in [5, 5.41) is 54.7. The van der Waals surface area contributed by atoms with Crippen molar-refractivity contribution in [2.75, 3.05) is 13.2 Å². The molecule has 0 aromatic carbocycles. The van der Waals surface area contributed by atoms with Crippen LogP contribution in [-0.4, -0.2) is 87.5 Å². The average Bonchev–Trinajstić information content (AvgIpc) is 3.41. The Morgan fingerprint density at radius 3 is 1.15 bits per heavy atom. The van der Waals surface area contributed by atoms with Crippen LogP contribution in [0.3, 0.4) is 0 Å². The molecule has 9 heteroatoms. The van der Waals surface area contributed by atoms with Crippen molar-refractivity contribution in [3.63, 3.8) is 0 Å². The summed E-state index contributed by atoms with van der Waals surface area (Å²) in [5.41, 5.74) is 0. The minimum atomic E-state index is -1.57. The van der Waals surface area contributed by atoms with Gasteiger partial charge in [-0.1, -0.05) is 301 Å². The lowest BCUT2D eigenvalue weighted by Crippen LogP contribution is -2.60. The number of allylic oxidation sites excluding steroid dienone is 5. The molecule has 0 spiro atoms. The largest absolute Gasteiger partial charge is 0.394 e. The summed E-state index contributed by atoms with van der Waals surface area (Å²) in [6.07, 6.45) is 66.6. The summed E-state index contributed by atoms with van der Waals surface area (Å²) in [6.45, 7) is 3.82. The van der Waals surface area contributed by atoms with Crippen molar-refractivity contribution < 1.29 is 39.8 Å². The van der Waals surface area contributed by atoms with Gasteiger partial charge in [0, 0.05) is 6.42 Å². The molecule has 1 fully saturated rings. The Bertz CT molecular complexity index is 1270. The summed E-state index contributed by atoms with van der Waals surface area (Å²) in [4.78, 5) is 13.1. The fourth-order valence-corrected chi connectivity index (χ4v) is 10.5. The van der Waals surface area contributed by atoms with E-state index in [9.17, 15) is 30.3 Å². The SMILES string of the molecule is CCCCCCCCCCC/C=C\C/C=C\CCCCCCCCCCCCCCCCCC(=O)NC(COC1OC(CO)C(O)C(O)C1O)C(O)/C=C/CCCCCCCCCCCCCCCCCCCCC. The van der Waals surface area contributed by atoms with Crippen LogP contribution in [0.2, 0.25) is 0 Å². The van der Waals surface area contributed by atoms with Crippen molar-refractivity contribution in [3.8, 4) is 0 Å². The van der Waals surface area contributed by atoms with Gasteiger partial charge in [-0.2, -0.15) is 0 Å². The highest BCUT2D eigenvalue weighted by Crippen LogP contribution is 2.23. The van der Waals surface area contributed by atoms with E-state index in [0.29, 0.717) is 6.42 Å². The van der Waals surface area contributed by atoms with E-state index in [1.807, 2.05) is 6.08 Å². The number of aliphatic hydroxyl groups excluding tert-OH is 5. The van der Waals surface area contributed by atoms with Crippen LogP contribution < -0.4 is 5.32 Å². The number of hydrogen-bond donors (Lipinski definition) is 6. The molecule has 1 heterocycles. The molecular weight excluding hydrogens is 935 g/mol. The molecule has 1 rings (SSSR count). The summed E-state index contributed by atoms with van der Waals surface area (Å²) in [5.74, 6) is -0.172. The molecule has 0 radical (unpaired) electrons. The first kappa shape index (κ1) is 71.4. The number of rotatable bonds is 57. The highest BCUT2D eigenvalue weighted by atomic mass is 16.7. The number of unbranched alkanes of at least 4 members (excludes halogenated alkanes) is 43. The van der Waals surface area contributed by atoms with Crippen molar-refractivity contribution in [3.05, 3.63) is 36.5 Å². The summed E-state index contributed by atoms with van der Waals surface area (Å²) in [6, 6.07) is -0.805. The van der Waals surface area contributed by atoms with Gasteiger partial charge in [-0.3, -0.25) is 4.79 Å². The minimum Gasteiger partial charge on any atom is -0.394 e. The van der Waals surface area contributed by atoms with Crippen LogP contribution in [0.25, 0.3) is 0 Å². The molecule has 1 amide bonds. The highest BCUT2D eigenvalue weighted by Gasteiger charge is 2.44. The summed E-state index contributed by atoms with van der Waals surface area (Å²) < 4.78 is 11.3. The number of carbonyl (C=O) groups is 1. The van der Waals surface area contributed by atoms with Crippen LogP contribution in [0.5, 0.6) is 0 Å². The lowest BCUT2D eigenvalue weighted by molar-refractivity contribution is -0.302. The van der Waals surface area contributed by atoms with Gasteiger partial charge < -0.3 is 40.3 Å². The van der Waals surface area contributed by atoms with Crippen molar-refractivity contribution in [1.82, 2.24) is 5.32 Å². The van der Waals surface area contributed by atoms with E-state index < -0.39 is 49.5 Å². The lowest BCUT2D eigenvalue weighted by atomic mass is 9.99. The molecule has 6 N–H and O–H groups in total. The Hall–Kier alpha value is -1.59. The first-order chi connectivity index (χ1) is 36.8. The predicted molar refractivity (Wildman–Crippen MR) is 318 cm³/mol. The second kappa shape index (κ2) is 55.7. The van der Waals surface area contributed by atoms with E-state index in [4.69, 9.17) is 9.47 Å². The average molecular weight is 1060 g/mol. The topological polar surface area (TPSA) is 149 Å². The molecule has 0 bridgehead atoms. The van der Waals surface area contributed by atoms with Gasteiger partial charge in [0.25, 0.3) is 0 Å². The highest BCUT2D eigenvalue weighted by molar-refractivity contribution is 5.76. The molecular formula is C66H125NO8. The fraction of sp³-hybridized carbons (Fsp3) is 0.894.